The van der Waals surface area contributed by atoms with Crippen LogP contribution in [-0.4, -0.2) is 36.0 Å². The van der Waals surface area contributed by atoms with Gasteiger partial charge in [0.25, 0.3) is 0 Å². The summed E-state index contributed by atoms with van der Waals surface area (Å²) in [5.41, 5.74) is 5.70. The van der Waals surface area contributed by atoms with Gasteiger partial charge in [0.15, 0.2) is 0 Å². The van der Waals surface area contributed by atoms with Crippen LogP contribution in [0.4, 0.5) is 4.39 Å². The number of rotatable bonds is 5. The third-order valence-corrected chi connectivity index (χ3v) is 6.31. The Morgan fingerprint density at radius 2 is 1.53 bits per heavy atom. The van der Waals surface area contributed by atoms with Crippen molar-refractivity contribution in [3.63, 3.8) is 0 Å². The van der Waals surface area contributed by atoms with Crippen molar-refractivity contribution in [3.8, 4) is 11.1 Å². The lowest BCUT2D eigenvalue weighted by Gasteiger charge is -2.21. The zero-order valence-corrected chi connectivity index (χ0v) is 18.6. The molecule has 0 atom stereocenters. The highest BCUT2D eigenvalue weighted by atomic mass is 19.1. The van der Waals surface area contributed by atoms with Crippen molar-refractivity contribution in [2.75, 3.05) is 26.2 Å². The lowest BCUT2D eigenvalue weighted by Crippen LogP contribution is -2.30. The monoisotopic (exact) mass is 428 g/mol. The number of hydrogen-bond acceptors (Lipinski definition) is 3. The van der Waals surface area contributed by atoms with Gasteiger partial charge in [-0.3, -0.25) is 9.80 Å². The van der Waals surface area contributed by atoms with E-state index in [1.165, 1.54) is 22.8 Å². The van der Waals surface area contributed by atoms with Gasteiger partial charge in [-0.1, -0.05) is 48.0 Å². The molecule has 3 nitrogen and oxygen atoms in total. The zero-order chi connectivity index (χ0) is 21.9. The molecule has 2 heterocycles. The molecule has 1 aromatic heterocycles. The Morgan fingerprint density at radius 1 is 0.781 bits per heavy atom. The largest absolute Gasteiger partial charge is 0.460 e. The fourth-order valence-electron chi connectivity index (χ4n) is 4.56. The van der Waals surface area contributed by atoms with E-state index in [4.69, 9.17) is 4.42 Å². The SMILES string of the molecule is Cc1ccc(-c2ccc3oc(CN4CCCN(Cc5cccc(F)c5)CC4)cc3c2)cc1. The number of halogens is 1. The van der Waals surface area contributed by atoms with Crippen LogP contribution >= 0.6 is 0 Å². The van der Waals surface area contributed by atoms with Gasteiger partial charge < -0.3 is 4.42 Å². The van der Waals surface area contributed by atoms with Crippen LogP contribution in [0.15, 0.2) is 77.2 Å². The number of benzene rings is 3. The second kappa shape index (κ2) is 9.27. The molecule has 0 spiro atoms. The number of fused-ring (bicyclic) bond motifs is 1. The van der Waals surface area contributed by atoms with Gasteiger partial charge in [-0.15, -0.1) is 0 Å². The van der Waals surface area contributed by atoms with E-state index in [1.54, 1.807) is 12.1 Å². The second-order valence-electron chi connectivity index (χ2n) is 8.87. The van der Waals surface area contributed by atoms with Crippen molar-refractivity contribution >= 4 is 11.0 Å². The van der Waals surface area contributed by atoms with Crippen LogP contribution in [0.25, 0.3) is 22.1 Å². The van der Waals surface area contributed by atoms with Gasteiger partial charge in [0.1, 0.15) is 17.2 Å². The normalized spacial score (nSPS) is 15.8. The summed E-state index contributed by atoms with van der Waals surface area (Å²) in [5.74, 6) is 0.856. The molecule has 1 aliphatic rings. The van der Waals surface area contributed by atoms with Crippen LogP contribution in [0, 0.1) is 12.7 Å². The molecule has 0 amide bonds. The molecule has 1 fully saturated rings. The maximum absolute atomic E-state index is 13.5. The molecular formula is C28H29FN2O. The van der Waals surface area contributed by atoms with Gasteiger partial charge >= 0.3 is 0 Å². The molecule has 32 heavy (non-hydrogen) atoms. The predicted octanol–water partition coefficient (Wildman–Crippen LogP) is 6.26. The van der Waals surface area contributed by atoms with E-state index in [-0.39, 0.29) is 5.82 Å². The van der Waals surface area contributed by atoms with Crippen molar-refractivity contribution < 1.29 is 8.81 Å². The Balaban J connectivity index is 1.23. The third-order valence-electron chi connectivity index (χ3n) is 6.31. The highest BCUT2D eigenvalue weighted by Gasteiger charge is 2.17. The van der Waals surface area contributed by atoms with Gasteiger partial charge in [-0.05, 0) is 73.5 Å². The van der Waals surface area contributed by atoms with Gasteiger partial charge in [0.2, 0.25) is 0 Å². The van der Waals surface area contributed by atoms with Crippen LogP contribution in [0.5, 0.6) is 0 Å². The van der Waals surface area contributed by atoms with E-state index in [2.05, 4.69) is 65.3 Å². The molecule has 1 aliphatic heterocycles. The lowest BCUT2D eigenvalue weighted by atomic mass is 10.0. The van der Waals surface area contributed by atoms with Gasteiger partial charge in [-0.25, -0.2) is 4.39 Å². The van der Waals surface area contributed by atoms with Gasteiger partial charge in [-0.2, -0.15) is 0 Å². The first-order chi connectivity index (χ1) is 15.6. The quantitative estimate of drug-likeness (QED) is 0.374. The van der Waals surface area contributed by atoms with Crippen molar-refractivity contribution in [3.05, 3.63) is 95.5 Å². The van der Waals surface area contributed by atoms with E-state index in [1.807, 2.05) is 6.07 Å². The molecule has 0 aliphatic carbocycles. The molecule has 0 N–H and O–H groups in total. The smallest absolute Gasteiger partial charge is 0.134 e. The van der Waals surface area contributed by atoms with Crippen LogP contribution < -0.4 is 0 Å². The van der Waals surface area contributed by atoms with Gasteiger partial charge in [0, 0.05) is 25.0 Å². The molecule has 0 bridgehead atoms. The molecule has 0 radical (unpaired) electrons. The van der Waals surface area contributed by atoms with Crippen molar-refractivity contribution in [2.45, 2.75) is 26.4 Å². The molecule has 0 unspecified atom stereocenters. The minimum Gasteiger partial charge on any atom is -0.460 e. The van der Waals surface area contributed by atoms with Crippen molar-refractivity contribution in [1.82, 2.24) is 9.80 Å². The standard InChI is InChI=1S/C28H29FN2O/c1-21-6-8-23(9-7-21)24-10-11-28-25(17-24)18-27(32-28)20-31-13-3-12-30(14-15-31)19-22-4-2-5-26(29)16-22/h2,4-11,16-18H,3,12-15,19-20H2,1H3. The molecule has 3 aromatic carbocycles. The zero-order valence-electron chi connectivity index (χ0n) is 18.6. The third kappa shape index (κ3) is 4.93. The van der Waals surface area contributed by atoms with E-state index in [0.29, 0.717) is 0 Å². The number of furan rings is 1. The molecule has 164 valence electrons. The van der Waals surface area contributed by atoms with Crippen LogP contribution in [0.2, 0.25) is 0 Å². The number of aryl methyl sites for hydroxylation is 1. The minimum absolute atomic E-state index is 0.158. The minimum atomic E-state index is -0.158. The Morgan fingerprint density at radius 3 is 2.31 bits per heavy atom. The first-order valence-electron chi connectivity index (χ1n) is 11.4. The molecule has 4 heteroatoms. The second-order valence-corrected chi connectivity index (χ2v) is 8.87. The molecule has 4 aromatic rings. The van der Waals surface area contributed by atoms with Crippen LogP contribution in [0.1, 0.15) is 23.3 Å². The van der Waals surface area contributed by atoms with Crippen LogP contribution in [-0.2, 0) is 13.1 Å². The molecule has 5 rings (SSSR count). The summed E-state index contributed by atoms with van der Waals surface area (Å²) in [7, 11) is 0. The Labute approximate surface area is 189 Å². The van der Waals surface area contributed by atoms with E-state index in [0.717, 1.165) is 68.0 Å². The van der Waals surface area contributed by atoms with Crippen molar-refractivity contribution in [2.24, 2.45) is 0 Å². The van der Waals surface area contributed by atoms with Crippen LogP contribution in [0.3, 0.4) is 0 Å². The summed E-state index contributed by atoms with van der Waals surface area (Å²) in [6, 6.07) is 24.2. The van der Waals surface area contributed by atoms with E-state index in [9.17, 15) is 4.39 Å². The Bertz CT molecular complexity index is 1200. The lowest BCUT2D eigenvalue weighted by molar-refractivity contribution is 0.236. The molecule has 0 saturated carbocycles. The van der Waals surface area contributed by atoms with Gasteiger partial charge in [0.05, 0.1) is 6.54 Å². The summed E-state index contributed by atoms with van der Waals surface area (Å²) in [6.45, 7) is 7.78. The average molecular weight is 429 g/mol. The summed E-state index contributed by atoms with van der Waals surface area (Å²) >= 11 is 0. The predicted molar refractivity (Wildman–Crippen MR) is 128 cm³/mol. The average Bonchev–Trinajstić information content (AvgIpc) is 3.06. The highest BCUT2D eigenvalue weighted by molar-refractivity contribution is 5.84. The molecular weight excluding hydrogens is 399 g/mol. The highest BCUT2D eigenvalue weighted by Crippen LogP contribution is 2.27. The van der Waals surface area contributed by atoms with Crippen molar-refractivity contribution in [1.29, 1.82) is 0 Å². The molecule has 1 saturated heterocycles. The summed E-state index contributed by atoms with van der Waals surface area (Å²) in [5, 5.41) is 1.15. The van der Waals surface area contributed by atoms with E-state index >= 15 is 0 Å². The number of hydrogen-bond donors (Lipinski definition) is 0. The Kier molecular flexibility index (Phi) is 6.06. The first-order valence-corrected chi connectivity index (χ1v) is 11.4. The maximum atomic E-state index is 13.5. The fourth-order valence-corrected chi connectivity index (χ4v) is 4.56. The summed E-state index contributed by atoms with van der Waals surface area (Å²) in [6.07, 6.45) is 1.10. The Hall–Kier alpha value is -2.95. The number of nitrogens with zero attached hydrogens (tertiary/aromatic N) is 2. The van der Waals surface area contributed by atoms with E-state index < -0.39 is 0 Å². The summed E-state index contributed by atoms with van der Waals surface area (Å²) in [4.78, 5) is 4.88. The first kappa shape index (κ1) is 20.9. The topological polar surface area (TPSA) is 19.6 Å². The maximum Gasteiger partial charge on any atom is 0.134 e. The fraction of sp³-hybridized carbons (Fsp3) is 0.286. The summed E-state index contributed by atoms with van der Waals surface area (Å²) < 4.78 is 19.7.